The lowest BCUT2D eigenvalue weighted by molar-refractivity contribution is -0.140. The zero-order valence-corrected chi connectivity index (χ0v) is 10.9. The Bertz CT molecular complexity index is 542. The van der Waals surface area contributed by atoms with E-state index in [1.165, 1.54) is 18.2 Å². The highest BCUT2D eigenvalue weighted by Crippen LogP contribution is 2.18. The van der Waals surface area contributed by atoms with Gasteiger partial charge in [-0.15, -0.1) is 0 Å². The summed E-state index contributed by atoms with van der Waals surface area (Å²) >= 11 is 0. The molecule has 1 aliphatic heterocycles. The van der Waals surface area contributed by atoms with Crippen LogP contribution in [0.3, 0.4) is 0 Å². The third kappa shape index (κ3) is 3.53. The fourth-order valence-electron chi connectivity index (χ4n) is 2.31. The minimum absolute atomic E-state index is 0.0306. The molecule has 1 aliphatic rings. The molecular weight excluding hydrogens is 263 g/mol. The molecule has 1 unspecified atom stereocenters. The van der Waals surface area contributed by atoms with Crippen LogP contribution in [0, 0.1) is 17.1 Å². The number of hydrogen-bond acceptors (Lipinski definition) is 4. The molecule has 1 heterocycles. The molecule has 0 saturated carbocycles. The monoisotopic (exact) mass is 278 g/mol. The van der Waals surface area contributed by atoms with Crippen molar-refractivity contribution in [3.05, 3.63) is 35.1 Å². The van der Waals surface area contributed by atoms with Gasteiger partial charge >= 0.3 is 5.97 Å². The topological polar surface area (TPSA) is 73.6 Å². The lowest BCUT2D eigenvalue weighted by Crippen LogP contribution is -2.46. The molecule has 0 aliphatic carbocycles. The van der Waals surface area contributed by atoms with Gasteiger partial charge in [0.15, 0.2) is 0 Å². The van der Waals surface area contributed by atoms with Gasteiger partial charge in [0.05, 0.1) is 31.3 Å². The highest BCUT2D eigenvalue weighted by Gasteiger charge is 2.26. The Kier molecular flexibility index (Phi) is 4.66. The Morgan fingerprint density at radius 1 is 1.60 bits per heavy atom. The van der Waals surface area contributed by atoms with Crippen LogP contribution < -0.4 is 0 Å². The van der Waals surface area contributed by atoms with E-state index in [-0.39, 0.29) is 12.5 Å². The van der Waals surface area contributed by atoms with Crippen molar-refractivity contribution in [3.63, 3.8) is 0 Å². The van der Waals surface area contributed by atoms with Crippen LogP contribution in [0.2, 0.25) is 0 Å². The SMILES string of the molecule is N#Cc1ccc(F)cc1CN1CCOCC1CC(=O)O. The fourth-order valence-corrected chi connectivity index (χ4v) is 2.31. The molecule has 1 aromatic rings. The highest BCUT2D eigenvalue weighted by atomic mass is 19.1. The van der Waals surface area contributed by atoms with Crippen LogP contribution in [-0.2, 0) is 16.1 Å². The number of benzene rings is 1. The van der Waals surface area contributed by atoms with Crippen LogP contribution >= 0.6 is 0 Å². The molecular formula is C14H15FN2O3. The molecule has 0 aromatic heterocycles. The zero-order valence-electron chi connectivity index (χ0n) is 10.9. The summed E-state index contributed by atoms with van der Waals surface area (Å²) in [5.41, 5.74) is 0.983. The molecule has 0 amide bonds. The van der Waals surface area contributed by atoms with E-state index in [4.69, 9.17) is 15.1 Å². The molecule has 1 N–H and O–H groups in total. The normalized spacial score (nSPS) is 19.5. The van der Waals surface area contributed by atoms with E-state index >= 15 is 0 Å². The zero-order chi connectivity index (χ0) is 14.5. The fraction of sp³-hybridized carbons (Fsp3) is 0.429. The van der Waals surface area contributed by atoms with Gasteiger partial charge in [0.25, 0.3) is 0 Å². The van der Waals surface area contributed by atoms with Crippen molar-refractivity contribution in [3.8, 4) is 6.07 Å². The summed E-state index contributed by atoms with van der Waals surface area (Å²) in [4.78, 5) is 12.8. The largest absolute Gasteiger partial charge is 0.481 e. The second kappa shape index (κ2) is 6.46. The maximum absolute atomic E-state index is 13.3. The molecule has 2 rings (SSSR count). The summed E-state index contributed by atoms with van der Waals surface area (Å²) in [5, 5.41) is 17.9. The molecule has 1 atom stereocenters. The minimum atomic E-state index is -0.898. The Balaban J connectivity index is 2.16. The van der Waals surface area contributed by atoms with Gasteiger partial charge < -0.3 is 9.84 Å². The van der Waals surface area contributed by atoms with E-state index in [0.717, 1.165) is 0 Å². The van der Waals surface area contributed by atoms with Crippen LogP contribution in [-0.4, -0.2) is 41.8 Å². The van der Waals surface area contributed by atoms with E-state index in [1.807, 2.05) is 11.0 Å². The number of morpholine rings is 1. The smallest absolute Gasteiger partial charge is 0.305 e. The lowest BCUT2D eigenvalue weighted by atomic mass is 10.1. The molecule has 1 fully saturated rings. The van der Waals surface area contributed by atoms with E-state index in [2.05, 4.69) is 0 Å². The summed E-state index contributed by atoms with van der Waals surface area (Å²) in [6, 6.07) is 5.79. The average Bonchev–Trinajstić information content (AvgIpc) is 2.41. The summed E-state index contributed by atoms with van der Waals surface area (Å²) in [6.07, 6.45) is -0.0306. The molecule has 20 heavy (non-hydrogen) atoms. The van der Waals surface area contributed by atoms with Crippen molar-refractivity contribution in [1.82, 2.24) is 4.90 Å². The lowest BCUT2D eigenvalue weighted by Gasteiger charge is -2.34. The number of nitrogens with zero attached hydrogens (tertiary/aromatic N) is 2. The molecule has 0 bridgehead atoms. The third-order valence-electron chi connectivity index (χ3n) is 3.32. The first-order valence-corrected chi connectivity index (χ1v) is 6.32. The standard InChI is InChI=1S/C14H15FN2O3/c15-12-2-1-10(7-16)11(5-12)8-17-3-4-20-9-13(17)6-14(18)19/h1-2,5,13H,3-4,6,8-9H2,(H,18,19). The summed E-state index contributed by atoms with van der Waals surface area (Å²) < 4.78 is 18.6. The predicted octanol–water partition coefficient (Wildman–Crippen LogP) is 1.37. The summed E-state index contributed by atoms with van der Waals surface area (Å²) in [7, 11) is 0. The van der Waals surface area contributed by atoms with Crippen LogP contribution in [0.4, 0.5) is 4.39 Å². The van der Waals surface area contributed by atoms with Gasteiger partial charge in [0, 0.05) is 19.1 Å². The maximum Gasteiger partial charge on any atom is 0.305 e. The molecule has 1 aromatic carbocycles. The van der Waals surface area contributed by atoms with Crippen molar-refractivity contribution in [1.29, 1.82) is 5.26 Å². The van der Waals surface area contributed by atoms with Gasteiger partial charge in [-0.25, -0.2) is 4.39 Å². The summed E-state index contributed by atoms with van der Waals surface area (Å²) in [6.45, 7) is 1.76. The third-order valence-corrected chi connectivity index (χ3v) is 3.32. The molecule has 0 spiro atoms. The minimum Gasteiger partial charge on any atom is -0.481 e. The van der Waals surface area contributed by atoms with E-state index in [9.17, 15) is 9.18 Å². The van der Waals surface area contributed by atoms with E-state index in [1.54, 1.807) is 0 Å². The molecule has 1 saturated heterocycles. The second-order valence-electron chi connectivity index (χ2n) is 4.71. The Morgan fingerprint density at radius 2 is 2.40 bits per heavy atom. The number of ether oxygens (including phenoxy) is 1. The molecule has 5 nitrogen and oxygen atoms in total. The van der Waals surface area contributed by atoms with E-state index in [0.29, 0.717) is 37.4 Å². The summed E-state index contributed by atoms with van der Waals surface area (Å²) in [5.74, 6) is -1.30. The van der Waals surface area contributed by atoms with Crippen LogP contribution in [0.15, 0.2) is 18.2 Å². The van der Waals surface area contributed by atoms with Crippen molar-refractivity contribution in [2.45, 2.75) is 19.0 Å². The first kappa shape index (κ1) is 14.4. The van der Waals surface area contributed by atoms with Gasteiger partial charge in [-0.1, -0.05) is 0 Å². The van der Waals surface area contributed by atoms with Crippen molar-refractivity contribution in [2.24, 2.45) is 0 Å². The quantitative estimate of drug-likeness (QED) is 0.900. The number of nitriles is 1. The van der Waals surface area contributed by atoms with Crippen LogP contribution in [0.1, 0.15) is 17.5 Å². The molecule has 6 heteroatoms. The number of carbonyl (C=O) groups is 1. The number of rotatable bonds is 4. The van der Waals surface area contributed by atoms with Gasteiger partial charge in [-0.3, -0.25) is 9.69 Å². The van der Waals surface area contributed by atoms with Gasteiger partial charge in [-0.05, 0) is 23.8 Å². The van der Waals surface area contributed by atoms with Crippen LogP contribution in [0.25, 0.3) is 0 Å². The number of carboxylic acids is 1. The Morgan fingerprint density at radius 3 is 3.10 bits per heavy atom. The Labute approximate surface area is 116 Å². The maximum atomic E-state index is 13.3. The van der Waals surface area contributed by atoms with Crippen molar-refractivity contribution in [2.75, 3.05) is 19.8 Å². The number of carboxylic acid groups (broad SMARTS) is 1. The highest BCUT2D eigenvalue weighted by molar-refractivity contribution is 5.67. The number of aliphatic carboxylic acids is 1. The molecule has 0 radical (unpaired) electrons. The predicted molar refractivity (Wildman–Crippen MR) is 68.4 cm³/mol. The van der Waals surface area contributed by atoms with Crippen LogP contribution in [0.5, 0.6) is 0 Å². The van der Waals surface area contributed by atoms with Gasteiger partial charge in [-0.2, -0.15) is 5.26 Å². The first-order valence-electron chi connectivity index (χ1n) is 6.32. The van der Waals surface area contributed by atoms with Gasteiger partial charge in [0.2, 0.25) is 0 Å². The number of hydrogen-bond donors (Lipinski definition) is 1. The second-order valence-corrected chi connectivity index (χ2v) is 4.71. The van der Waals surface area contributed by atoms with Gasteiger partial charge in [0.1, 0.15) is 5.82 Å². The Hall–Kier alpha value is -1.97. The average molecular weight is 278 g/mol. The van der Waals surface area contributed by atoms with Crippen molar-refractivity contribution < 1.29 is 19.0 Å². The van der Waals surface area contributed by atoms with E-state index < -0.39 is 11.8 Å². The van der Waals surface area contributed by atoms with Crippen molar-refractivity contribution >= 4 is 5.97 Å². The number of halogens is 1. The molecule has 106 valence electrons. The first-order chi connectivity index (χ1) is 9.60.